The van der Waals surface area contributed by atoms with Gasteiger partial charge in [-0.05, 0) is 6.07 Å². The van der Waals surface area contributed by atoms with Crippen LogP contribution in [0, 0.1) is 0 Å². The van der Waals surface area contributed by atoms with E-state index in [1.807, 2.05) is 35.7 Å². The third-order valence-corrected chi connectivity index (χ3v) is 4.23. The average molecular weight is 312 g/mol. The average Bonchev–Trinajstić information content (AvgIpc) is 3.17. The molecule has 112 valence electrons. The van der Waals surface area contributed by atoms with Gasteiger partial charge >= 0.3 is 0 Å². The van der Waals surface area contributed by atoms with Gasteiger partial charge in [0.15, 0.2) is 0 Å². The molecule has 2 aromatic heterocycles. The molecule has 22 heavy (non-hydrogen) atoms. The lowest BCUT2D eigenvalue weighted by Crippen LogP contribution is -2.27. The monoisotopic (exact) mass is 312 g/mol. The molecule has 0 aliphatic carbocycles. The van der Waals surface area contributed by atoms with Crippen LogP contribution in [0.3, 0.4) is 0 Å². The van der Waals surface area contributed by atoms with Crippen LogP contribution in [0.25, 0.3) is 10.6 Å². The van der Waals surface area contributed by atoms with E-state index in [0.29, 0.717) is 18.7 Å². The highest BCUT2D eigenvalue weighted by atomic mass is 32.1. The minimum atomic E-state index is -0.112. The maximum absolute atomic E-state index is 12.0. The van der Waals surface area contributed by atoms with Crippen LogP contribution in [0.4, 0.5) is 0 Å². The van der Waals surface area contributed by atoms with Crippen molar-refractivity contribution in [3.05, 3.63) is 59.4 Å². The van der Waals surface area contributed by atoms with E-state index in [0.717, 1.165) is 16.3 Å². The predicted molar refractivity (Wildman–Crippen MR) is 86.8 cm³/mol. The summed E-state index contributed by atoms with van der Waals surface area (Å²) < 4.78 is 1.56. The van der Waals surface area contributed by atoms with Gasteiger partial charge in [-0.3, -0.25) is 9.48 Å². The second-order valence-electron chi connectivity index (χ2n) is 4.86. The Hall–Kier alpha value is -2.47. The maximum atomic E-state index is 12.0. The van der Waals surface area contributed by atoms with Gasteiger partial charge in [-0.25, -0.2) is 4.98 Å². The van der Waals surface area contributed by atoms with Gasteiger partial charge in [0, 0.05) is 37.2 Å². The molecule has 1 aromatic carbocycles. The molecule has 0 spiro atoms. The number of aromatic nitrogens is 3. The minimum Gasteiger partial charge on any atom is -0.350 e. The topological polar surface area (TPSA) is 59.8 Å². The van der Waals surface area contributed by atoms with Gasteiger partial charge in [0.1, 0.15) is 10.7 Å². The Morgan fingerprint density at radius 1 is 1.27 bits per heavy atom. The Morgan fingerprint density at radius 2 is 2.09 bits per heavy atom. The standard InChI is InChI=1S/C16H16N4OS/c1-20-14(8-10-18-20)15(21)17-9-7-13-11-22-16(19-13)12-5-3-2-4-6-12/h2-6,8,10-11H,7,9H2,1H3,(H,17,21). The van der Waals surface area contributed by atoms with Crippen LogP contribution in [-0.2, 0) is 13.5 Å². The summed E-state index contributed by atoms with van der Waals surface area (Å²) in [6, 6.07) is 11.8. The Bertz CT molecular complexity index is 763. The third kappa shape index (κ3) is 3.23. The van der Waals surface area contributed by atoms with Gasteiger partial charge in [-0.1, -0.05) is 30.3 Å². The molecular weight excluding hydrogens is 296 g/mol. The number of aryl methyl sites for hydroxylation is 1. The summed E-state index contributed by atoms with van der Waals surface area (Å²) >= 11 is 1.62. The van der Waals surface area contributed by atoms with Crippen molar-refractivity contribution in [3.63, 3.8) is 0 Å². The van der Waals surface area contributed by atoms with E-state index in [1.165, 1.54) is 0 Å². The second-order valence-corrected chi connectivity index (χ2v) is 5.71. The zero-order valence-corrected chi connectivity index (χ0v) is 13.0. The first-order valence-electron chi connectivity index (χ1n) is 7.00. The van der Waals surface area contributed by atoms with Crippen LogP contribution >= 0.6 is 11.3 Å². The van der Waals surface area contributed by atoms with E-state index >= 15 is 0 Å². The summed E-state index contributed by atoms with van der Waals surface area (Å²) in [5, 5.41) is 9.92. The molecule has 1 amide bonds. The van der Waals surface area contributed by atoms with Crippen LogP contribution in [0.2, 0.25) is 0 Å². The Kier molecular flexibility index (Phi) is 4.29. The van der Waals surface area contributed by atoms with Gasteiger partial charge in [-0.15, -0.1) is 11.3 Å². The lowest BCUT2D eigenvalue weighted by atomic mass is 10.2. The Balaban J connectivity index is 1.56. The summed E-state index contributed by atoms with van der Waals surface area (Å²) in [5.41, 5.74) is 2.68. The fourth-order valence-corrected chi connectivity index (χ4v) is 2.99. The van der Waals surface area contributed by atoms with E-state index in [-0.39, 0.29) is 5.91 Å². The normalized spacial score (nSPS) is 10.6. The predicted octanol–water partition coefficient (Wildman–Crippen LogP) is 2.52. The molecule has 3 rings (SSSR count). The molecule has 6 heteroatoms. The molecule has 1 N–H and O–H groups in total. The van der Waals surface area contributed by atoms with Crippen molar-refractivity contribution in [1.29, 1.82) is 0 Å². The zero-order chi connectivity index (χ0) is 15.4. The number of rotatable bonds is 5. The van der Waals surface area contributed by atoms with E-state index in [9.17, 15) is 4.79 Å². The first-order valence-corrected chi connectivity index (χ1v) is 7.88. The lowest BCUT2D eigenvalue weighted by molar-refractivity contribution is 0.0944. The van der Waals surface area contributed by atoms with Crippen molar-refractivity contribution in [2.75, 3.05) is 6.54 Å². The van der Waals surface area contributed by atoms with Crippen LogP contribution in [0.5, 0.6) is 0 Å². The van der Waals surface area contributed by atoms with Crippen LogP contribution in [-0.4, -0.2) is 27.2 Å². The number of hydrogen-bond donors (Lipinski definition) is 1. The third-order valence-electron chi connectivity index (χ3n) is 3.29. The number of amides is 1. The molecule has 5 nitrogen and oxygen atoms in total. The van der Waals surface area contributed by atoms with Crippen molar-refractivity contribution in [2.45, 2.75) is 6.42 Å². The van der Waals surface area contributed by atoms with Crippen LogP contribution in [0.1, 0.15) is 16.2 Å². The molecule has 0 saturated carbocycles. The first-order chi connectivity index (χ1) is 10.7. The number of carbonyl (C=O) groups is 1. The van der Waals surface area contributed by atoms with Gasteiger partial charge in [-0.2, -0.15) is 5.10 Å². The number of benzene rings is 1. The molecular formula is C16H16N4OS. The fourth-order valence-electron chi connectivity index (χ4n) is 2.13. The number of nitrogens with zero attached hydrogens (tertiary/aromatic N) is 3. The highest BCUT2D eigenvalue weighted by Crippen LogP contribution is 2.23. The van der Waals surface area contributed by atoms with E-state index in [4.69, 9.17) is 0 Å². The highest BCUT2D eigenvalue weighted by Gasteiger charge is 2.09. The summed E-state index contributed by atoms with van der Waals surface area (Å²) in [4.78, 5) is 16.6. The molecule has 0 radical (unpaired) electrons. The van der Waals surface area contributed by atoms with Crippen molar-refractivity contribution in [2.24, 2.45) is 7.05 Å². The SMILES string of the molecule is Cn1nccc1C(=O)NCCc1csc(-c2ccccc2)n1. The summed E-state index contributed by atoms with van der Waals surface area (Å²) in [6.45, 7) is 0.558. The van der Waals surface area contributed by atoms with Crippen molar-refractivity contribution < 1.29 is 4.79 Å². The molecule has 0 aliphatic rings. The first kappa shape index (κ1) is 14.5. The Morgan fingerprint density at radius 3 is 2.82 bits per heavy atom. The molecule has 0 unspecified atom stereocenters. The van der Waals surface area contributed by atoms with Gasteiger partial charge in [0.05, 0.1) is 5.69 Å². The maximum Gasteiger partial charge on any atom is 0.269 e. The molecule has 0 fully saturated rings. The minimum absolute atomic E-state index is 0.112. The van der Waals surface area contributed by atoms with Crippen molar-refractivity contribution in [1.82, 2.24) is 20.1 Å². The van der Waals surface area contributed by atoms with Crippen molar-refractivity contribution >= 4 is 17.2 Å². The summed E-state index contributed by atoms with van der Waals surface area (Å²) in [6.07, 6.45) is 2.33. The van der Waals surface area contributed by atoms with Gasteiger partial charge < -0.3 is 5.32 Å². The molecule has 3 aromatic rings. The number of hydrogen-bond acceptors (Lipinski definition) is 4. The second kappa shape index (κ2) is 6.53. The quantitative estimate of drug-likeness (QED) is 0.787. The molecule has 0 saturated heterocycles. The van der Waals surface area contributed by atoms with E-state index in [2.05, 4.69) is 15.4 Å². The highest BCUT2D eigenvalue weighted by molar-refractivity contribution is 7.13. The van der Waals surface area contributed by atoms with E-state index < -0.39 is 0 Å². The lowest BCUT2D eigenvalue weighted by Gasteiger charge is -2.04. The van der Waals surface area contributed by atoms with E-state index in [1.54, 1.807) is 35.3 Å². The van der Waals surface area contributed by atoms with Gasteiger partial charge in [0.2, 0.25) is 0 Å². The van der Waals surface area contributed by atoms with Gasteiger partial charge in [0.25, 0.3) is 5.91 Å². The summed E-state index contributed by atoms with van der Waals surface area (Å²) in [5.74, 6) is -0.112. The largest absolute Gasteiger partial charge is 0.350 e. The van der Waals surface area contributed by atoms with Crippen LogP contribution in [0.15, 0.2) is 48.0 Å². The van der Waals surface area contributed by atoms with Crippen molar-refractivity contribution in [3.8, 4) is 10.6 Å². The smallest absolute Gasteiger partial charge is 0.269 e. The number of thiazole rings is 1. The fraction of sp³-hybridized carbons (Fsp3) is 0.188. The Labute approximate surface area is 132 Å². The summed E-state index contributed by atoms with van der Waals surface area (Å²) in [7, 11) is 1.75. The molecule has 0 atom stereocenters. The molecule has 2 heterocycles. The number of carbonyl (C=O) groups excluding carboxylic acids is 1. The van der Waals surface area contributed by atoms with Crippen LogP contribution < -0.4 is 5.32 Å². The molecule has 0 aliphatic heterocycles. The zero-order valence-electron chi connectivity index (χ0n) is 12.2. The number of nitrogens with one attached hydrogen (secondary N) is 1. The molecule has 0 bridgehead atoms.